The van der Waals surface area contributed by atoms with Crippen molar-refractivity contribution in [3.63, 3.8) is 0 Å². The van der Waals surface area contributed by atoms with Crippen molar-refractivity contribution in [3.05, 3.63) is 0 Å². The fourth-order valence-electron chi connectivity index (χ4n) is 0.931. The van der Waals surface area contributed by atoms with Crippen LogP contribution in [-0.4, -0.2) is 30.9 Å². The van der Waals surface area contributed by atoms with Crippen molar-refractivity contribution < 1.29 is 23.9 Å². The summed E-state index contributed by atoms with van der Waals surface area (Å²) in [5, 5.41) is 0. The van der Waals surface area contributed by atoms with E-state index in [9.17, 15) is 14.4 Å². The Morgan fingerprint density at radius 2 is 1.28 bits per heavy atom. The molecule has 0 aromatic carbocycles. The molecule has 0 rings (SSSR count). The van der Waals surface area contributed by atoms with Crippen LogP contribution in [0.1, 0.15) is 53.4 Å². The Labute approximate surface area is 109 Å². The zero-order valence-electron chi connectivity index (χ0n) is 11.8. The van der Waals surface area contributed by atoms with Crippen LogP contribution in [0.3, 0.4) is 0 Å². The quantitative estimate of drug-likeness (QED) is 0.541. The highest BCUT2D eigenvalue weighted by atomic mass is 16.6. The van der Waals surface area contributed by atoms with E-state index in [4.69, 9.17) is 0 Å². The maximum absolute atomic E-state index is 10.6. The molecule has 18 heavy (non-hydrogen) atoms. The third-order valence-corrected chi connectivity index (χ3v) is 1.92. The van der Waals surface area contributed by atoms with Crippen molar-refractivity contribution in [2.75, 3.05) is 13.2 Å². The Morgan fingerprint density at radius 3 is 1.56 bits per heavy atom. The summed E-state index contributed by atoms with van der Waals surface area (Å²) in [7, 11) is 0. The molecule has 0 atom stereocenters. The Kier molecular flexibility index (Phi) is 14.4. The molecule has 0 aliphatic heterocycles. The topological polar surface area (TPSA) is 69.7 Å². The molecule has 0 N–H and O–H groups in total. The van der Waals surface area contributed by atoms with Gasteiger partial charge in [-0.1, -0.05) is 20.3 Å². The molecule has 0 aliphatic rings. The molecule has 0 heterocycles. The average molecular weight is 260 g/mol. The van der Waals surface area contributed by atoms with Gasteiger partial charge < -0.3 is 9.47 Å². The molecular weight excluding hydrogens is 236 g/mol. The van der Waals surface area contributed by atoms with Crippen LogP contribution in [0.4, 0.5) is 0 Å². The third-order valence-electron chi connectivity index (χ3n) is 1.92. The summed E-state index contributed by atoms with van der Waals surface area (Å²) in [6.45, 7) is 7.64. The first-order valence-corrected chi connectivity index (χ1v) is 6.38. The summed E-state index contributed by atoms with van der Waals surface area (Å²) in [5.74, 6) is -1.46. The molecule has 0 amide bonds. The lowest BCUT2D eigenvalue weighted by atomic mass is 10.1. The zero-order chi connectivity index (χ0) is 14.4. The predicted octanol–water partition coefficient (Wildman–Crippen LogP) is 2.27. The van der Waals surface area contributed by atoms with Crippen LogP contribution < -0.4 is 0 Å². The van der Waals surface area contributed by atoms with Crippen LogP contribution in [0.15, 0.2) is 0 Å². The molecular formula is C13H24O5. The van der Waals surface area contributed by atoms with Crippen LogP contribution in [0.5, 0.6) is 0 Å². The van der Waals surface area contributed by atoms with Gasteiger partial charge in [-0.25, -0.2) is 9.59 Å². The zero-order valence-corrected chi connectivity index (χ0v) is 11.8. The van der Waals surface area contributed by atoms with E-state index < -0.39 is 11.9 Å². The van der Waals surface area contributed by atoms with Crippen molar-refractivity contribution in [2.45, 2.75) is 53.4 Å². The fraction of sp³-hybridized carbons (Fsp3) is 0.769. The first-order valence-electron chi connectivity index (χ1n) is 6.38. The lowest BCUT2D eigenvalue weighted by Crippen LogP contribution is -2.19. The molecule has 5 nitrogen and oxygen atoms in total. The summed E-state index contributed by atoms with van der Waals surface area (Å²) < 4.78 is 8.69. The number of rotatable bonds is 6. The molecule has 0 spiro atoms. The smallest absolute Gasteiger partial charge is 0.417 e. The second-order valence-corrected chi connectivity index (χ2v) is 3.44. The molecule has 0 bridgehead atoms. The Bertz CT molecular complexity index is 232. The van der Waals surface area contributed by atoms with Gasteiger partial charge in [0, 0.05) is 12.8 Å². The van der Waals surface area contributed by atoms with Crippen molar-refractivity contribution in [1.29, 1.82) is 0 Å². The number of Topliss-reactive ketones (excluding diaryl/α,β-unsaturated/α-hetero) is 1. The second kappa shape index (κ2) is 13.7. The van der Waals surface area contributed by atoms with Gasteiger partial charge >= 0.3 is 11.9 Å². The first-order chi connectivity index (χ1) is 8.53. The molecule has 0 unspecified atom stereocenters. The van der Waals surface area contributed by atoms with Crippen LogP contribution >= 0.6 is 0 Å². The van der Waals surface area contributed by atoms with E-state index in [1.807, 2.05) is 6.92 Å². The Balaban J connectivity index is 0. The summed E-state index contributed by atoms with van der Waals surface area (Å²) in [6, 6.07) is 0. The molecule has 5 heteroatoms. The number of unbranched alkanes of at least 4 members (excludes halogenated alkanes) is 1. The van der Waals surface area contributed by atoms with E-state index in [1.165, 1.54) is 0 Å². The Hall–Kier alpha value is -1.39. The van der Waals surface area contributed by atoms with Gasteiger partial charge in [0.15, 0.2) is 0 Å². The minimum Gasteiger partial charge on any atom is -0.458 e. The maximum Gasteiger partial charge on any atom is 0.417 e. The molecule has 106 valence electrons. The van der Waals surface area contributed by atoms with Gasteiger partial charge in [0.1, 0.15) is 5.78 Å². The van der Waals surface area contributed by atoms with Gasteiger partial charge in [0.2, 0.25) is 0 Å². The van der Waals surface area contributed by atoms with Gasteiger partial charge in [-0.15, -0.1) is 0 Å². The molecule has 0 saturated carbocycles. The molecule has 0 fully saturated rings. The number of carbonyl (C=O) groups excluding carboxylic acids is 3. The highest BCUT2D eigenvalue weighted by molar-refractivity contribution is 6.29. The maximum atomic E-state index is 10.6. The number of hydrogen-bond donors (Lipinski definition) is 0. The van der Waals surface area contributed by atoms with E-state index in [0.29, 0.717) is 12.2 Å². The van der Waals surface area contributed by atoms with Crippen molar-refractivity contribution in [2.24, 2.45) is 0 Å². The monoisotopic (exact) mass is 260 g/mol. The standard InChI is InChI=1S/C7H14O.C6H10O4/c1-3-5-6-7(8)4-2;1-3-9-5(7)6(8)10-4-2/h3-6H2,1-2H3;3-4H2,1-2H3. The largest absolute Gasteiger partial charge is 0.458 e. The highest BCUT2D eigenvalue weighted by Crippen LogP contribution is 1.96. The minimum absolute atomic E-state index is 0.192. The van der Waals surface area contributed by atoms with Crippen LogP contribution in [0, 0.1) is 0 Å². The van der Waals surface area contributed by atoms with Crippen LogP contribution in [-0.2, 0) is 23.9 Å². The van der Waals surface area contributed by atoms with E-state index in [2.05, 4.69) is 16.4 Å². The van der Waals surface area contributed by atoms with Crippen molar-refractivity contribution in [3.8, 4) is 0 Å². The number of carbonyl (C=O) groups is 3. The van der Waals surface area contributed by atoms with Gasteiger partial charge in [-0.05, 0) is 20.3 Å². The fourth-order valence-corrected chi connectivity index (χ4v) is 0.931. The predicted molar refractivity (Wildman–Crippen MR) is 68.1 cm³/mol. The molecule has 0 aliphatic carbocycles. The van der Waals surface area contributed by atoms with Gasteiger partial charge in [-0.2, -0.15) is 0 Å². The molecule has 0 saturated heterocycles. The first kappa shape index (κ1) is 19.0. The summed E-state index contributed by atoms with van der Waals surface area (Å²) in [4.78, 5) is 31.4. The highest BCUT2D eigenvalue weighted by Gasteiger charge is 2.14. The van der Waals surface area contributed by atoms with E-state index in [0.717, 1.165) is 19.3 Å². The van der Waals surface area contributed by atoms with Gasteiger partial charge in [0.25, 0.3) is 0 Å². The SMILES string of the molecule is CCCCC(=O)CC.CCOC(=O)C(=O)OCC. The molecule has 0 aromatic rings. The van der Waals surface area contributed by atoms with E-state index in [-0.39, 0.29) is 13.2 Å². The van der Waals surface area contributed by atoms with Crippen molar-refractivity contribution >= 4 is 17.7 Å². The van der Waals surface area contributed by atoms with Crippen molar-refractivity contribution in [1.82, 2.24) is 0 Å². The Morgan fingerprint density at radius 1 is 0.833 bits per heavy atom. The number of hydrogen-bond acceptors (Lipinski definition) is 5. The lowest BCUT2D eigenvalue weighted by molar-refractivity contribution is -0.167. The summed E-state index contributed by atoms with van der Waals surface area (Å²) in [6.07, 6.45) is 3.69. The number of esters is 2. The van der Waals surface area contributed by atoms with E-state index >= 15 is 0 Å². The molecule has 0 aromatic heterocycles. The average Bonchev–Trinajstić information content (AvgIpc) is 2.37. The van der Waals surface area contributed by atoms with Crippen LogP contribution in [0.25, 0.3) is 0 Å². The summed E-state index contributed by atoms with van der Waals surface area (Å²) >= 11 is 0. The van der Waals surface area contributed by atoms with Crippen LogP contribution in [0.2, 0.25) is 0 Å². The normalized spacial score (nSPS) is 8.89. The van der Waals surface area contributed by atoms with E-state index in [1.54, 1.807) is 13.8 Å². The third kappa shape index (κ3) is 12.7. The summed E-state index contributed by atoms with van der Waals surface area (Å²) in [5.41, 5.74) is 0. The minimum atomic E-state index is -0.927. The second-order valence-electron chi connectivity index (χ2n) is 3.44. The number of ether oxygens (including phenoxy) is 2. The lowest BCUT2D eigenvalue weighted by Gasteiger charge is -1.99. The number of ketones is 1. The van der Waals surface area contributed by atoms with Gasteiger partial charge in [-0.3, -0.25) is 4.79 Å². The molecule has 0 radical (unpaired) electrons. The van der Waals surface area contributed by atoms with Gasteiger partial charge in [0.05, 0.1) is 13.2 Å².